The maximum Gasteiger partial charge on any atom is 0.228 e. The number of carbonyl (C=O) groups excluding carboxylic acids is 1. The van der Waals surface area contributed by atoms with Crippen LogP contribution < -0.4 is 16.4 Å². The van der Waals surface area contributed by atoms with Crippen molar-refractivity contribution < 1.29 is 4.79 Å². The van der Waals surface area contributed by atoms with Crippen LogP contribution in [-0.2, 0) is 11.2 Å². The van der Waals surface area contributed by atoms with E-state index in [-0.39, 0.29) is 5.91 Å². The number of hydrogen-bond acceptors (Lipinski definition) is 3. The van der Waals surface area contributed by atoms with Gasteiger partial charge in [-0.2, -0.15) is 0 Å². The molecular weight excluding hydrogens is 348 g/mol. The molecule has 0 bridgehead atoms. The minimum absolute atomic E-state index is 0.0667. The molecule has 4 N–H and O–H groups in total. The SMILES string of the molecule is C=CN=C1NC(c2ccc(NC(=O)Cc3ccc(N)cc3)cc2)=CC1=C(C)C. The van der Waals surface area contributed by atoms with Gasteiger partial charge in [-0.15, -0.1) is 0 Å². The van der Waals surface area contributed by atoms with Crippen molar-refractivity contribution in [1.29, 1.82) is 0 Å². The Labute approximate surface area is 165 Å². The molecule has 1 heterocycles. The highest BCUT2D eigenvalue weighted by molar-refractivity contribution is 6.11. The Morgan fingerprint density at radius 3 is 2.43 bits per heavy atom. The molecule has 1 amide bonds. The lowest BCUT2D eigenvalue weighted by Crippen LogP contribution is -2.17. The zero-order valence-electron chi connectivity index (χ0n) is 16.1. The van der Waals surface area contributed by atoms with Crippen molar-refractivity contribution in [1.82, 2.24) is 5.32 Å². The number of anilines is 2. The molecule has 0 saturated heterocycles. The molecule has 1 aliphatic heterocycles. The molecule has 5 nitrogen and oxygen atoms in total. The van der Waals surface area contributed by atoms with Crippen LogP contribution in [0.15, 0.2) is 83.5 Å². The van der Waals surface area contributed by atoms with E-state index in [1.54, 1.807) is 12.1 Å². The number of nitrogen functional groups attached to an aromatic ring is 1. The first-order valence-electron chi connectivity index (χ1n) is 9.06. The van der Waals surface area contributed by atoms with Crippen molar-refractivity contribution in [2.45, 2.75) is 20.3 Å². The van der Waals surface area contributed by atoms with Gasteiger partial charge in [-0.25, -0.2) is 4.99 Å². The number of benzene rings is 2. The van der Waals surface area contributed by atoms with Gasteiger partial charge in [0.05, 0.1) is 6.42 Å². The summed E-state index contributed by atoms with van der Waals surface area (Å²) in [6, 6.07) is 15.0. The number of carbonyl (C=O) groups is 1. The number of nitrogens with one attached hydrogen (secondary N) is 2. The van der Waals surface area contributed by atoms with Crippen LogP contribution in [-0.4, -0.2) is 11.7 Å². The molecule has 28 heavy (non-hydrogen) atoms. The van der Waals surface area contributed by atoms with Crippen molar-refractivity contribution in [3.8, 4) is 0 Å². The van der Waals surface area contributed by atoms with Gasteiger partial charge in [-0.3, -0.25) is 4.79 Å². The van der Waals surface area contributed by atoms with Crippen LogP contribution in [0.25, 0.3) is 5.70 Å². The van der Waals surface area contributed by atoms with Crippen molar-refractivity contribution in [3.63, 3.8) is 0 Å². The predicted molar refractivity (Wildman–Crippen MR) is 117 cm³/mol. The van der Waals surface area contributed by atoms with Crippen molar-refractivity contribution in [2.75, 3.05) is 11.1 Å². The van der Waals surface area contributed by atoms with Crippen molar-refractivity contribution in [2.24, 2.45) is 4.99 Å². The molecule has 0 aromatic heterocycles. The van der Waals surface area contributed by atoms with Gasteiger partial charge >= 0.3 is 0 Å². The van der Waals surface area contributed by atoms with E-state index >= 15 is 0 Å². The second kappa shape index (κ2) is 8.39. The normalized spacial score (nSPS) is 14.4. The van der Waals surface area contributed by atoms with E-state index < -0.39 is 0 Å². The Hall–Kier alpha value is -3.60. The average molecular weight is 372 g/mol. The summed E-state index contributed by atoms with van der Waals surface area (Å²) in [6.07, 6.45) is 3.91. The quantitative estimate of drug-likeness (QED) is 0.686. The number of hydrogen-bond donors (Lipinski definition) is 3. The number of rotatable bonds is 5. The van der Waals surface area contributed by atoms with E-state index in [4.69, 9.17) is 5.73 Å². The van der Waals surface area contributed by atoms with E-state index in [0.717, 1.165) is 33.9 Å². The number of allylic oxidation sites excluding steroid dienone is 1. The van der Waals surface area contributed by atoms with Crippen LogP contribution in [0.1, 0.15) is 25.0 Å². The maximum atomic E-state index is 12.2. The fourth-order valence-corrected chi connectivity index (χ4v) is 2.93. The molecule has 2 aromatic carbocycles. The lowest BCUT2D eigenvalue weighted by molar-refractivity contribution is -0.115. The summed E-state index contributed by atoms with van der Waals surface area (Å²) < 4.78 is 0. The van der Waals surface area contributed by atoms with Gasteiger partial charge in [0.15, 0.2) is 0 Å². The zero-order valence-corrected chi connectivity index (χ0v) is 16.1. The first-order chi connectivity index (χ1) is 13.5. The highest BCUT2D eigenvalue weighted by Gasteiger charge is 2.18. The minimum Gasteiger partial charge on any atom is -0.399 e. The van der Waals surface area contributed by atoms with Gasteiger partial charge in [0.1, 0.15) is 5.84 Å². The molecule has 0 radical (unpaired) electrons. The molecule has 142 valence electrons. The summed E-state index contributed by atoms with van der Waals surface area (Å²) in [6.45, 7) is 7.77. The van der Waals surface area contributed by atoms with E-state index in [2.05, 4.69) is 42.1 Å². The van der Waals surface area contributed by atoms with Gasteiger partial charge in [0.25, 0.3) is 0 Å². The molecule has 3 rings (SSSR count). The molecule has 0 saturated carbocycles. The lowest BCUT2D eigenvalue weighted by atomic mass is 10.1. The topological polar surface area (TPSA) is 79.5 Å². The first kappa shape index (κ1) is 19.2. The molecule has 0 fully saturated rings. The maximum absolute atomic E-state index is 12.2. The number of amides is 1. The van der Waals surface area contributed by atoms with Crippen LogP contribution >= 0.6 is 0 Å². The lowest BCUT2D eigenvalue weighted by Gasteiger charge is -2.08. The van der Waals surface area contributed by atoms with Crippen LogP contribution in [0, 0.1) is 0 Å². The summed E-state index contributed by atoms with van der Waals surface area (Å²) >= 11 is 0. The third-order valence-corrected chi connectivity index (χ3v) is 4.38. The molecular formula is C23H24N4O. The molecule has 5 heteroatoms. The Bertz CT molecular complexity index is 976. The van der Waals surface area contributed by atoms with Crippen LogP contribution in [0.4, 0.5) is 11.4 Å². The van der Waals surface area contributed by atoms with Crippen LogP contribution in [0.5, 0.6) is 0 Å². The van der Waals surface area contributed by atoms with Gasteiger partial charge in [-0.1, -0.05) is 36.4 Å². The standard InChI is InChI=1S/C23H24N4O/c1-4-25-23-20(15(2)3)14-21(27-23)17-7-11-19(12-8-17)26-22(28)13-16-5-9-18(24)10-6-16/h4-12,14H,1,13,24H2,2-3H3,(H,25,27)(H,26,28). The second-order valence-electron chi connectivity index (χ2n) is 6.80. The molecule has 2 aromatic rings. The largest absolute Gasteiger partial charge is 0.399 e. The van der Waals surface area contributed by atoms with Crippen molar-refractivity contribution >= 4 is 28.8 Å². The number of nitrogens with zero attached hydrogens (tertiary/aromatic N) is 1. The highest BCUT2D eigenvalue weighted by atomic mass is 16.1. The minimum atomic E-state index is -0.0667. The Morgan fingerprint density at radius 2 is 1.82 bits per heavy atom. The summed E-state index contributed by atoms with van der Waals surface area (Å²) in [5.41, 5.74) is 12.3. The van der Waals surface area contributed by atoms with E-state index in [1.165, 1.54) is 11.8 Å². The van der Waals surface area contributed by atoms with Gasteiger partial charge < -0.3 is 16.4 Å². The molecule has 0 spiro atoms. The van der Waals surface area contributed by atoms with Gasteiger partial charge in [-0.05, 0) is 55.3 Å². The molecule has 0 unspecified atom stereocenters. The predicted octanol–water partition coefficient (Wildman–Crippen LogP) is 4.27. The monoisotopic (exact) mass is 372 g/mol. The van der Waals surface area contributed by atoms with E-state index in [1.807, 2.05) is 36.4 Å². The number of aliphatic imine (C=N–C) groups is 1. The Kier molecular flexibility index (Phi) is 5.75. The fraction of sp³-hybridized carbons (Fsp3) is 0.130. The fourth-order valence-electron chi connectivity index (χ4n) is 2.93. The summed E-state index contributed by atoms with van der Waals surface area (Å²) in [4.78, 5) is 16.5. The second-order valence-corrected chi connectivity index (χ2v) is 6.80. The molecule has 0 aliphatic carbocycles. The molecule has 0 atom stereocenters. The van der Waals surface area contributed by atoms with Crippen molar-refractivity contribution in [3.05, 3.63) is 89.7 Å². The van der Waals surface area contributed by atoms with E-state index in [9.17, 15) is 4.79 Å². The highest BCUT2D eigenvalue weighted by Crippen LogP contribution is 2.24. The van der Waals surface area contributed by atoms with E-state index in [0.29, 0.717) is 12.1 Å². The zero-order chi connectivity index (χ0) is 20.1. The van der Waals surface area contributed by atoms with Crippen LogP contribution in [0.3, 0.4) is 0 Å². The number of nitrogens with two attached hydrogens (primary N) is 1. The summed E-state index contributed by atoms with van der Waals surface area (Å²) in [5, 5.41) is 6.24. The van der Waals surface area contributed by atoms with Gasteiger partial charge in [0.2, 0.25) is 5.91 Å². The first-order valence-corrected chi connectivity index (χ1v) is 9.06. The third kappa shape index (κ3) is 4.57. The smallest absolute Gasteiger partial charge is 0.228 e. The summed E-state index contributed by atoms with van der Waals surface area (Å²) in [7, 11) is 0. The third-order valence-electron chi connectivity index (χ3n) is 4.38. The summed E-state index contributed by atoms with van der Waals surface area (Å²) in [5.74, 6) is 0.730. The average Bonchev–Trinajstić information content (AvgIpc) is 3.09. The Balaban J connectivity index is 1.68. The number of amidine groups is 1. The van der Waals surface area contributed by atoms with Crippen LogP contribution in [0.2, 0.25) is 0 Å². The van der Waals surface area contributed by atoms with Gasteiger partial charge in [0, 0.05) is 28.8 Å². The Morgan fingerprint density at radius 1 is 1.14 bits per heavy atom. The molecule has 1 aliphatic rings.